The Bertz CT molecular complexity index is 940. The second kappa shape index (κ2) is 5.98. The molecular formula is C17H13N3OS2. The highest BCUT2D eigenvalue weighted by Crippen LogP contribution is 2.27. The van der Waals surface area contributed by atoms with Crippen molar-refractivity contribution in [3.05, 3.63) is 69.3 Å². The number of hydrogen-bond donors (Lipinski definition) is 1. The Morgan fingerprint density at radius 3 is 2.91 bits per heavy atom. The lowest BCUT2D eigenvalue weighted by Crippen LogP contribution is -2.23. The summed E-state index contributed by atoms with van der Waals surface area (Å²) in [5.74, 6) is -0.150. The van der Waals surface area contributed by atoms with Gasteiger partial charge in [0, 0.05) is 22.0 Å². The minimum Gasteiger partial charge on any atom is -0.346 e. The molecule has 0 atom stereocenters. The van der Waals surface area contributed by atoms with Gasteiger partial charge in [0.25, 0.3) is 5.91 Å². The van der Waals surface area contributed by atoms with Gasteiger partial charge in [0.1, 0.15) is 5.65 Å². The summed E-state index contributed by atoms with van der Waals surface area (Å²) in [4.78, 5) is 18.3. The Balaban J connectivity index is 1.74. The summed E-state index contributed by atoms with van der Waals surface area (Å²) >= 11 is 3.24. The van der Waals surface area contributed by atoms with Gasteiger partial charge in [0.05, 0.1) is 12.2 Å². The van der Waals surface area contributed by atoms with Crippen molar-refractivity contribution >= 4 is 34.2 Å². The quantitative estimate of drug-likeness (QED) is 0.609. The van der Waals surface area contributed by atoms with Crippen LogP contribution in [-0.4, -0.2) is 15.3 Å². The van der Waals surface area contributed by atoms with Gasteiger partial charge in [0.15, 0.2) is 5.69 Å². The third-order valence-electron chi connectivity index (χ3n) is 3.54. The summed E-state index contributed by atoms with van der Waals surface area (Å²) in [6, 6.07) is 11.8. The average molecular weight is 339 g/mol. The van der Waals surface area contributed by atoms with Crippen LogP contribution in [0.4, 0.5) is 0 Å². The SMILES string of the molecule is O=C(NCc1cccs1)c1nc2ccccn2c1-c1ccsc1. The van der Waals surface area contributed by atoms with Crippen LogP contribution in [0.5, 0.6) is 0 Å². The number of imidazole rings is 1. The molecule has 4 nitrogen and oxygen atoms in total. The molecule has 6 heteroatoms. The molecule has 4 rings (SSSR count). The van der Waals surface area contributed by atoms with E-state index in [1.807, 2.05) is 63.1 Å². The Kier molecular flexibility index (Phi) is 3.69. The Morgan fingerprint density at radius 1 is 1.17 bits per heavy atom. The highest BCUT2D eigenvalue weighted by Gasteiger charge is 2.20. The Morgan fingerprint density at radius 2 is 2.13 bits per heavy atom. The number of carbonyl (C=O) groups is 1. The maximum Gasteiger partial charge on any atom is 0.272 e. The van der Waals surface area contributed by atoms with Crippen molar-refractivity contribution in [1.29, 1.82) is 0 Å². The topological polar surface area (TPSA) is 46.4 Å². The number of aromatic nitrogens is 2. The zero-order chi connectivity index (χ0) is 15.6. The number of thiophene rings is 2. The number of nitrogens with zero attached hydrogens (tertiary/aromatic N) is 2. The lowest BCUT2D eigenvalue weighted by molar-refractivity contribution is 0.0947. The van der Waals surface area contributed by atoms with E-state index in [4.69, 9.17) is 0 Å². The molecule has 23 heavy (non-hydrogen) atoms. The Labute approximate surface area is 141 Å². The molecule has 0 aromatic carbocycles. The van der Waals surface area contributed by atoms with Gasteiger partial charge in [-0.2, -0.15) is 11.3 Å². The Hall–Kier alpha value is -2.44. The van der Waals surface area contributed by atoms with Gasteiger partial charge in [-0.05, 0) is 35.0 Å². The molecule has 4 heterocycles. The van der Waals surface area contributed by atoms with Crippen LogP contribution in [0.2, 0.25) is 0 Å². The minimum absolute atomic E-state index is 0.150. The van der Waals surface area contributed by atoms with Crippen LogP contribution in [0, 0.1) is 0 Å². The summed E-state index contributed by atoms with van der Waals surface area (Å²) in [5, 5.41) is 9.01. The van der Waals surface area contributed by atoms with Crippen molar-refractivity contribution in [2.75, 3.05) is 0 Å². The van der Waals surface area contributed by atoms with Crippen molar-refractivity contribution in [2.45, 2.75) is 6.54 Å². The highest BCUT2D eigenvalue weighted by atomic mass is 32.1. The molecule has 0 aliphatic carbocycles. The highest BCUT2D eigenvalue weighted by molar-refractivity contribution is 7.09. The molecule has 1 amide bonds. The van der Waals surface area contributed by atoms with E-state index in [9.17, 15) is 4.79 Å². The van der Waals surface area contributed by atoms with Crippen LogP contribution in [0.25, 0.3) is 16.9 Å². The maximum atomic E-state index is 12.6. The van der Waals surface area contributed by atoms with Gasteiger partial charge in [-0.25, -0.2) is 4.98 Å². The van der Waals surface area contributed by atoms with Gasteiger partial charge < -0.3 is 5.32 Å². The number of rotatable bonds is 4. The zero-order valence-electron chi connectivity index (χ0n) is 12.1. The number of nitrogens with one attached hydrogen (secondary N) is 1. The van der Waals surface area contributed by atoms with Crippen LogP contribution < -0.4 is 5.32 Å². The van der Waals surface area contributed by atoms with Gasteiger partial charge >= 0.3 is 0 Å². The normalized spacial score (nSPS) is 11.0. The number of fused-ring (bicyclic) bond motifs is 1. The maximum absolute atomic E-state index is 12.6. The number of carbonyl (C=O) groups excluding carboxylic acids is 1. The van der Waals surface area contributed by atoms with Gasteiger partial charge in [0.2, 0.25) is 0 Å². The molecule has 0 bridgehead atoms. The van der Waals surface area contributed by atoms with Crippen LogP contribution in [0.3, 0.4) is 0 Å². The monoisotopic (exact) mass is 339 g/mol. The predicted octanol–water partition coefficient (Wildman–Crippen LogP) is 4.05. The first-order chi connectivity index (χ1) is 11.3. The van der Waals surface area contributed by atoms with E-state index in [2.05, 4.69) is 10.3 Å². The molecule has 0 spiro atoms. The number of hydrogen-bond acceptors (Lipinski definition) is 4. The van der Waals surface area contributed by atoms with Crippen LogP contribution >= 0.6 is 22.7 Å². The van der Waals surface area contributed by atoms with Crippen molar-refractivity contribution < 1.29 is 4.79 Å². The van der Waals surface area contributed by atoms with Crippen molar-refractivity contribution in [2.24, 2.45) is 0 Å². The standard InChI is InChI=1S/C17H13N3OS2/c21-17(18-10-13-4-3-8-23-13)15-16(12-6-9-22-11-12)20-7-2-1-5-14(20)19-15/h1-9,11H,10H2,(H,18,21). The van der Waals surface area contributed by atoms with Gasteiger partial charge in [-0.1, -0.05) is 12.1 Å². The fourth-order valence-corrected chi connectivity index (χ4v) is 3.78. The second-order valence-corrected chi connectivity index (χ2v) is 6.82. The van der Waals surface area contributed by atoms with E-state index in [0.29, 0.717) is 12.2 Å². The summed E-state index contributed by atoms with van der Waals surface area (Å²) < 4.78 is 1.96. The summed E-state index contributed by atoms with van der Waals surface area (Å²) in [6.07, 6.45) is 1.94. The van der Waals surface area contributed by atoms with Crippen LogP contribution in [0.1, 0.15) is 15.4 Å². The second-order valence-electron chi connectivity index (χ2n) is 5.01. The smallest absolute Gasteiger partial charge is 0.272 e. The third kappa shape index (κ3) is 2.67. The lowest BCUT2D eigenvalue weighted by Gasteiger charge is -2.04. The van der Waals surface area contributed by atoms with Crippen LogP contribution in [-0.2, 0) is 6.54 Å². The molecular weight excluding hydrogens is 326 g/mol. The predicted molar refractivity (Wildman–Crippen MR) is 94.0 cm³/mol. The molecule has 4 aromatic heterocycles. The third-order valence-corrected chi connectivity index (χ3v) is 5.10. The van der Waals surface area contributed by atoms with Crippen molar-refractivity contribution in [3.63, 3.8) is 0 Å². The average Bonchev–Trinajstić information content (AvgIpc) is 3.30. The first kappa shape index (κ1) is 14.2. The fraction of sp³-hybridized carbons (Fsp3) is 0.0588. The van der Waals surface area contributed by atoms with E-state index in [1.165, 1.54) is 0 Å². The summed E-state index contributed by atoms with van der Waals surface area (Å²) in [5.41, 5.74) is 3.08. The molecule has 0 saturated carbocycles. The summed E-state index contributed by atoms with van der Waals surface area (Å²) in [7, 11) is 0. The van der Waals surface area contributed by atoms with Crippen molar-refractivity contribution in [1.82, 2.24) is 14.7 Å². The van der Waals surface area contributed by atoms with E-state index < -0.39 is 0 Å². The first-order valence-electron chi connectivity index (χ1n) is 7.13. The van der Waals surface area contributed by atoms with Crippen LogP contribution in [0.15, 0.2) is 58.7 Å². The van der Waals surface area contributed by atoms with Gasteiger partial charge in [-0.3, -0.25) is 9.20 Å². The minimum atomic E-state index is -0.150. The van der Waals surface area contributed by atoms with E-state index >= 15 is 0 Å². The van der Waals surface area contributed by atoms with Crippen molar-refractivity contribution in [3.8, 4) is 11.3 Å². The molecule has 0 saturated heterocycles. The van der Waals surface area contributed by atoms with E-state index in [-0.39, 0.29) is 5.91 Å². The lowest BCUT2D eigenvalue weighted by atomic mass is 10.2. The molecule has 0 aliphatic rings. The van der Waals surface area contributed by atoms with E-state index in [0.717, 1.165) is 21.8 Å². The fourth-order valence-electron chi connectivity index (χ4n) is 2.49. The number of amides is 1. The largest absolute Gasteiger partial charge is 0.346 e. The van der Waals surface area contributed by atoms with E-state index in [1.54, 1.807) is 22.7 Å². The molecule has 114 valence electrons. The molecule has 4 aromatic rings. The molecule has 0 aliphatic heterocycles. The molecule has 0 radical (unpaired) electrons. The number of pyridine rings is 1. The zero-order valence-corrected chi connectivity index (χ0v) is 13.7. The molecule has 1 N–H and O–H groups in total. The molecule has 0 unspecified atom stereocenters. The summed E-state index contributed by atoms with van der Waals surface area (Å²) in [6.45, 7) is 0.521. The molecule has 0 fully saturated rings. The van der Waals surface area contributed by atoms with Gasteiger partial charge in [-0.15, -0.1) is 11.3 Å². The first-order valence-corrected chi connectivity index (χ1v) is 8.95.